The van der Waals surface area contributed by atoms with Crippen LogP contribution in [0.15, 0.2) is 47.6 Å². The topological polar surface area (TPSA) is 90.0 Å². The third-order valence-corrected chi connectivity index (χ3v) is 2.62. The molecule has 2 rings (SSSR count). The lowest BCUT2D eigenvalue weighted by molar-refractivity contribution is 0.300. The van der Waals surface area contributed by atoms with Gasteiger partial charge in [0.25, 0.3) is 0 Å². The molecule has 0 amide bonds. The molecule has 110 valence electrons. The highest BCUT2D eigenvalue weighted by Crippen LogP contribution is 2.30. The summed E-state index contributed by atoms with van der Waals surface area (Å²) in [5.74, 6) is 1.48. The van der Waals surface area contributed by atoms with Gasteiger partial charge in [0.1, 0.15) is 5.69 Å². The van der Waals surface area contributed by atoms with E-state index in [0.29, 0.717) is 29.7 Å². The van der Waals surface area contributed by atoms with Gasteiger partial charge in [-0.1, -0.05) is 30.3 Å². The van der Waals surface area contributed by atoms with Crippen molar-refractivity contribution in [3.8, 4) is 17.4 Å². The number of pyridine rings is 1. The van der Waals surface area contributed by atoms with E-state index in [2.05, 4.69) is 10.1 Å². The molecule has 6 heteroatoms. The molecule has 6 nitrogen and oxygen atoms in total. The van der Waals surface area contributed by atoms with Crippen molar-refractivity contribution >= 4 is 5.84 Å². The van der Waals surface area contributed by atoms with E-state index in [0.717, 1.165) is 6.42 Å². The molecule has 0 aliphatic heterocycles. The fourth-order valence-electron chi connectivity index (χ4n) is 1.64. The van der Waals surface area contributed by atoms with Crippen LogP contribution in [0.5, 0.6) is 17.4 Å². The number of aromatic nitrogens is 1. The SMILES string of the molecule is CCCOc1ccccc1Oc1cccc(C(N)=NO)n1. The minimum absolute atomic E-state index is 0.0732. The maximum absolute atomic E-state index is 8.67. The Morgan fingerprint density at radius 3 is 2.67 bits per heavy atom. The predicted octanol–water partition coefficient (Wildman–Crippen LogP) is 2.76. The van der Waals surface area contributed by atoms with E-state index in [1.807, 2.05) is 25.1 Å². The van der Waals surface area contributed by atoms with Crippen molar-refractivity contribution < 1.29 is 14.7 Å². The maximum atomic E-state index is 8.67. The number of benzene rings is 1. The molecule has 3 N–H and O–H groups in total. The summed E-state index contributed by atoms with van der Waals surface area (Å²) < 4.78 is 11.3. The van der Waals surface area contributed by atoms with Gasteiger partial charge in [-0.2, -0.15) is 0 Å². The average molecular weight is 287 g/mol. The van der Waals surface area contributed by atoms with Crippen LogP contribution in [0.2, 0.25) is 0 Å². The Labute approximate surface area is 122 Å². The number of nitrogens with two attached hydrogens (primary N) is 1. The van der Waals surface area contributed by atoms with E-state index < -0.39 is 0 Å². The van der Waals surface area contributed by atoms with Crippen LogP contribution in [0.1, 0.15) is 19.0 Å². The zero-order chi connectivity index (χ0) is 15.1. The fourth-order valence-corrected chi connectivity index (χ4v) is 1.64. The van der Waals surface area contributed by atoms with E-state index in [4.69, 9.17) is 20.4 Å². The molecule has 0 saturated heterocycles. The highest BCUT2D eigenvalue weighted by atomic mass is 16.5. The first-order chi connectivity index (χ1) is 10.2. The van der Waals surface area contributed by atoms with Gasteiger partial charge in [-0.3, -0.25) is 0 Å². The Kier molecular flexibility index (Phi) is 4.98. The van der Waals surface area contributed by atoms with Crippen LogP contribution in [-0.2, 0) is 0 Å². The quantitative estimate of drug-likeness (QED) is 0.369. The van der Waals surface area contributed by atoms with Gasteiger partial charge in [-0.05, 0) is 24.6 Å². The highest BCUT2D eigenvalue weighted by molar-refractivity contribution is 5.95. The molecule has 2 aromatic rings. The van der Waals surface area contributed by atoms with E-state index in [1.54, 1.807) is 24.3 Å². The summed E-state index contributed by atoms with van der Waals surface area (Å²) >= 11 is 0. The summed E-state index contributed by atoms with van der Waals surface area (Å²) in [6.45, 7) is 2.64. The van der Waals surface area contributed by atoms with Crippen LogP contribution in [0.3, 0.4) is 0 Å². The molecule has 0 fully saturated rings. The normalized spacial score (nSPS) is 11.2. The van der Waals surface area contributed by atoms with Gasteiger partial charge < -0.3 is 20.4 Å². The maximum Gasteiger partial charge on any atom is 0.220 e. The summed E-state index contributed by atoms with van der Waals surface area (Å²) in [4.78, 5) is 4.17. The van der Waals surface area contributed by atoms with Gasteiger partial charge in [0.2, 0.25) is 5.88 Å². The number of hydrogen-bond acceptors (Lipinski definition) is 5. The van der Waals surface area contributed by atoms with Gasteiger partial charge in [0.05, 0.1) is 6.61 Å². The van der Waals surface area contributed by atoms with Crippen LogP contribution in [0.4, 0.5) is 0 Å². The molecule has 0 unspecified atom stereocenters. The summed E-state index contributed by atoms with van der Waals surface area (Å²) in [7, 11) is 0. The lowest BCUT2D eigenvalue weighted by Crippen LogP contribution is -2.14. The summed E-state index contributed by atoms with van der Waals surface area (Å²) in [6.07, 6.45) is 0.908. The molecule has 0 aliphatic carbocycles. The fraction of sp³-hybridized carbons (Fsp3) is 0.200. The Morgan fingerprint density at radius 1 is 1.19 bits per heavy atom. The van der Waals surface area contributed by atoms with E-state index in [1.165, 1.54) is 0 Å². The first-order valence-corrected chi connectivity index (χ1v) is 6.59. The Hall–Kier alpha value is -2.76. The van der Waals surface area contributed by atoms with E-state index in [-0.39, 0.29) is 5.84 Å². The van der Waals surface area contributed by atoms with Gasteiger partial charge in [0, 0.05) is 6.07 Å². The molecule has 0 spiro atoms. The third-order valence-electron chi connectivity index (χ3n) is 2.62. The van der Waals surface area contributed by atoms with Crippen LogP contribution < -0.4 is 15.2 Å². The van der Waals surface area contributed by atoms with Gasteiger partial charge in [-0.25, -0.2) is 4.98 Å². The number of ether oxygens (including phenoxy) is 2. The van der Waals surface area contributed by atoms with Crippen LogP contribution in [-0.4, -0.2) is 22.6 Å². The number of rotatable bonds is 6. The minimum Gasteiger partial charge on any atom is -0.490 e. The molecule has 1 aromatic carbocycles. The molecule has 0 aliphatic rings. The van der Waals surface area contributed by atoms with Gasteiger partial charge >= 0.3 is 0 Å². The molecule has 0 saturated carbocycles. The van der Waals surface area contributed by atoms with Crippen molar-refractivity contribution in [2.45, 2.75) is 13.3 Å². The van der Waals surface area contributed by atoms with E-state index >= 15 is 0 Å². The molecule has 0 radical (unpaired) electrons. The molecule has 21 heavy (non-hydrogen) atoms. The van der Waals surface area contributed by atoms with Crippen molar-refractivity contribution in [3.05, 3.63) is 48.2 Å². The van der Waals surface area contributed by atoms with Gasteiger partial charge in [-0.15, -0.1) is 0 Å². The van der Waals surface area contributed by atoms with Gasteiger partial charge in [0.15, 0.2) is 17.3 Å². The smallest absolute Gasteiger partial charge is 0.220 e. The average Bonchev–Trinajstić information content (AvgIpc) is 2.53. The molecule has 1 aromatic heterocycles. The summed E-state index contributed by atoms with van der Waals surface area (Å²) in [5, 5.41) is 11.6. The number of nitrogens with zero attached hydrogens (tertiary/aromatic N) is 2. The van der Waals surface area contributed by atoms with Crippen LogP contribution >= 0.6 is 0 Å². The Balaban J connectivity index is 2.22. The first kappa shape index (κ1) is 14.6. The van der Waals surface area contributed by atoms with Crippen molar-refractivity contribution in [1.29, 1.82) is 0 Å². The monoisotopic (exact) mass is 287 g/mol. The number of oxime groups is 1. The summed E-state index contributed by atoms with van der Waals surface area (Å²) in [5.41, 5.74) is 5.84. The lowest BCUT2D eigenvalue weighted by atomic mass is 10.3. The molecular formula is C15H17N3O3. The second-order valence-electron chi connectivity index (χ2n) is 4.24. The zero-order valence-electron chi connectivity index (χ0n) is 11.7. The summed E-state index contributed by atoms with van der Waals surface area (Å²) in [6, 6.07) is 12.4. The Morgan fingerprint density at radius 2 is 1.95 bits per heavy atom. The van der Waals surface area contributed by atoms with Crippen molar-refractivity contribution in [2.75, 3.05) is 6.61 Å². The second kappa shape index (κ2) is 7.14. The largest absolute Gasteiger partial charge is 0.490 e. The van der Waals surface area contributed by atoms with Crippen molar-refractivity contribution in [3.63, 3.8) is 0 Å². The van der Waals surface area contributed by atoms with Crippen molar-refractivity contribution in [1.82, 2.24) is 4.98 Å². The van der Waals surface area contributed by atoms with Crippen LogP contribution in [0, 0.1) is 0 Å². The lowest BCUT2D eigenvalue weighted by Gasteiger charge is -2.11. The zero-order valence-corrected chi connectivity index (χ0v) is 11.7. The number of hydrogen-bond donors (Lipinski definition) is 2. The number of para-hydroxylation sites is 2. The minimum atomic E-state index is -0.0732. The highest BCUT2D eigenvalue weighted by Gasteiger charge is 2.08. The van der Waals surface area contributed by atoms with Crippen molar-refractivity contribution in [2.24, 2.45) is 10.9 Å². The molecule has 0 bridgehead atoms. The predicted molar refractivity (Wildman–Crippen MR) is 79.0 cm³/mol. The first-order valence-electron chi connectivity index (χ1n) is 6.59. The van der Waals surface area contributed by atoms with Crippen LogP contribution in [0.25, 0.3) is 0 Å². The molecule has 0 atom stereocenters. The Bertz CT molecular complexity index is 629. The molecular weight excluding hydrogens is 270 g/mol. The standard InChI is InChI=1S/C15H17N3O3/c1-2-10-20-12-7-3-4-8-13(12)21-14-9-5-6-11(17-14)15(16)18-19/h3-9,19H,2,10H2,1H3,(H2,16,18). The third kappa shape index (κ3) is 3.85. The number of amidine groups is 1. The van der Waals surface area contributed by atoms with E-state index in [9.17, 15) is 0 Å². The second-order valence-corrected chi connectivity index (χ2v) is 4.24. The molecule has 1 heterocycles.